The lowest BCUT2D eigenvalue weighted by molar-refractivity contribution is 0.0930. The van der Waals surface area contributed by atoms with Crippen LogP contribution in [0.25, 0.3) is 10.1 Å². The Morgan fingerprint density at radius 3 is 2.63 bits per heavy atom. The predicted octanol–water partition coefficient (Wildman–Crippen LogP) is 6.00. The summed E-state index contributed by atoms with van der Waals surface area (Å²) in [6.07, 6.45) is 3.77. The molecule has 3 nitrogen and oxygen atoms in total. The molecule has 1 amide bonds. The normalized spacial score (nSPS) is 16.0. The first kappa shape index (κ1) is 20.6. The molecule has 1 fully saturated rings. The fraction of sp³-hybridized carbons (Fsp3) is 0.350. The molecule has 1 unspecified atom stereocenters. The lowest BCUT2D eigenvalue weighted by Gasteiger charge is -2.34. The molecule has 0 radical (unpaired) electrons. The van der Waals surface area contributed by atoms with Crippen molar-refractivity contribution in [1.82, 2.24) is 10.2 Å². The van der Waals surface area contributed by atoms with Crippen LogP contribution in [0, 0.1) is 0 Å². The second-order valence-corrected chi connectivity index (χ2v) is 8.99. The van der Waals surface area contributed by atoms with Gasteiger partial charge < -0.3 is 5.32 Å². The summed E-state index contributed by atoms with van der Waals surface area (Å²) in [6, 6.07) is 12.4. The molecule has 1 aliphatic heterocycles. The molecule has 3 heterocycles. The number of rotatable bonds is 5. The third-order valence-corrected chi connectivity index (χ3v) is 7.55. The fourth-order valence-electron chi connectivity index (χ4n) is 3.55. The zero-order chi connectivity index (χ0) is 17.9. The van der Waals surface area contributed by atoms with Crippen LogP contribution in [0.5, 0.6) is 0 Å². The van der Waals surface area contributed by atoms with Gasteiger partial charge in [0.1, 0.15) is 4.88 Å². The summed E-state index contributed by atoms with van der Waals surface area (Å²) in [5, 5.41) is 6.76. The Kier molecular flexibility index (Phi) is 7.17. The van der Waals surface area contributed by atoms with Gasteiger partial charge in [-0.25, -0.2) is 0 Å². The van der Waals surface area contributed by atoms with Crippen molar-refractivity contribution in [1.29, 1.82) is 0 Å². The standard InChI is InChI=1S/C20H21ClN2OS2.ClH/c21-18-14-7-2-3-8-16(14)26-19(18)20(24)22-13-15(17-9-6-12-25-17)23-10-4-1-5-11-23;/h2-3,6-9,12,15H,1,4-5,10-11,13H2,(H,22,24);1H. The Balaban J connectivity index is 0.00000210. The van der Waals surface area contributed by atoms with Gasteiger partial charge in [-0.3, -0.25) is 9.69 Å². The molecule has 144 valence electrons. The summed E-state index contributed by atoms with van der Waals surface area (Å²) in [4.78, 5) is 17.2. The number of fused-ring (bicyclic) bond motifs is 1. The van der Waals surface area contributed by atoms with Crippen molar-refractivity contribution >= 4 is 62.7 Å². The molecule has 0 aliphatic carbocycles. The summed E-state index contributed by atoms with van der Waals surface area (Å²) in [5.74, 6) is -0.0743. The van der Waals surface area contributed by atoms with Crippen LogP contribution in [0.4, 0.5) is 0 Å². The SMILES string of the molecule is Cl.O=C(NCC(c1cccs1)N1CCCCC1)c1sc2ccccc2c1Cl. The minimum absolute atomic E-state index is 0. The summed E-state index contributed by atoms with van der Waals surface area (Å²) in [6.45, 7) is 2.81. The van der Waals surface area contributed by atoms with E-state index in [2.05, 4.69) is 27.7 Å². The van der Waals surface area contributed by atoms with Gasteiger partial charge in [0.25, 0.3) is 5.91 Å². The van der Waals surface area contributed by atoms with Crippen molar-refractivity contribution in [2.75, 3.05) is 19.6 Å². The van der Waals surface area contributed by atoms with E-state index >= 15 is 0 Å². The first-order valence-corrected chi connectivity index (χ1v) is 11.0. The number of nitrogens with zero attached hydrogens (tertiary/aromatic N) is 1. The molecule has 1 saturated heterocycles. The van der Waals surface area contributed by atoms with E-state index in [0.717, 1.165) is 23.2 Å². The van der Waals surface area contributed by atoms with E-state index in [4.69, 9.17) is 11.6 Å². The van der Waals surface area contributed by atoms with Crippen LogP contribution in [0.3, 0.4) is 0 Å². The second-order valence-electron chi connectivity index (χ2n) is 6.58. The van der Waals surface area contributed by atoms with Crippen LogP contribution in [-0.2, 0) is 0 Å². The molecule has 0 spiro atoms. The predicted molar refractivity (Wildman–Crippen MR) is 119 cm³/mol. The number of hydrogen-bond acceptors (Lipinski definition) is 4. The van der Waals surface area contributed by atoms with E-state index in [1.807, 2.05) is 24.3 Å². The van der Waals surface area contributed by atoms with E-state index < -0.39 is 0 Å². The van der Waals surface area contributed by atoms with Gasteiger partial charge in [-0.2, -0.15) is 0 Å². The van der Waals surface area contributed by atoms with Crippen LogP contribution < -0.4 is 5.32 Å². The number of carbonyl (C=O) groups excluding carboxylic acids is 1. The summed E-state index contributed by atoms with van der Waals surface area (Å²) in [7, 11) is 0. The third kappa shape index (κ3) is 4.49. The quantitative estimate of drug-likeness (QED) is 0.527. The molecule has 3 aromatic rings. The Labute approximate surface area is 178 Å². The van der Waals surface area contributed by atoms with Gasteiger partial charge in [0.15, 0.2) is 0 Å². The van der Waals surface area contributed by atoms with Crippen molar-refractivity contribution in [3.8, 4) is 0 Å². The Bertz CT molecular complexity index is 889. The van der Waals surface area contributed by atoms with Crippen molar-refractivity contribution in [3.05, 3.63) is 56.6 Å². The van der Waals surface area contributed by atoms with Crippen LogP contribution in [-0.4, -0.2) is 30.4 Å². The zero-order valence-corrected chi connectivity index (χ0v) is 18.0. The smallest absolute Gasteiger partial charge is 0.262 e. The highest BCUT2D eigenvalue weighted by atomic mass is 35.5. The number of likely N-dealkylation sites (tertiary alicyclic amines) is 1. The van der Waals surface area contributed by atoms with E-state index in [-0.39, 0.29) is 24.4 Å². The first-order valence-electron chi connectivity index (χ1n) is 8.97. The van der Waals surface area contributed by atoms with Crippen molar-refractivity contribution in [2.45, 2.75) is 25.3 Å². The molecule has 0 saturated carbocycles. The highest BCUT2D eigenvalue weighted by Gasteiger charge is 2.25. The number of thiophene rings is 2. The molecule has 1 atom stereocenters. The summed E-state index contributed by atoms with van der Waals surface area (Å²) >= 11 is 9.68. The maximum absolute atomic E-state index is 12.8. The molecule has 27 heavy (non-hydrogen) atoms. The van der Waals surface area contributed by atoms with Gasteiger partial charge in [-0.1, -0.05) is 42.3 Å². The lowest BCUT2D eigenvalue weighted by Crippen LogP contribution is -2.40. The largest absolute Gasteiger partial charge is 0.349 e. The number of piperidine rings is 1. The van der Waals surface area contributed by atoms with E-state index in [9.17, 15) is 4.79 Å². The fourth-order valence-corrected chi connectivity index (χ4v) is 5.84. The van der Waals surface area contributed by atoms with Gasteiger partial charge in [0.2, 0.25) is 0 Å². The average molecular weight is 441 g/mol. The highest BCUT2D eigenvalue weighted by molar-refractivity contribution is 7.21. The molecule has 1 N–H and O–H groups in total. The molecular formula is C20H22Cl2N2OS2. The van der Waals surface area contributed by atoms with Crippen LogP contribution in [0.2, 0.25) is 5.02 Å². The molecule has 1 aliphatic rings. The Morgan fingerprint density at radius 2 is 1.93 bits per heavy atom. The number of hydrogen-bond donors (Lipinski definition) is 1. The number of benzene rings is 1. The number of nitrogens with one attached hydrogen (secondary N) is 1. The minimum atomic E-state index is -0.0743. The highest BCUT2D eigenvalue weighted by Crippen LogP contribution is 2.35. The Morgan fingerprint density at radius 1 is 1.15 bits per heavy atom. The maximum atomic E-state index is 12.8. The average Bonchev–Trinajstić information content (AvgIpc) is 3.32. The number of halogens is 2. The van der Waals surface area contributed by atoms with Crippen molar-refractivity contribution in [3.63, 3.8) is 0 Å². The van der Waals surface area contributed by atoms with Gasteiger partial charge in [-0.05, 0) is 43.4 Å². The summed E-state index contributed by atoms with van der Waals surface area (Å²) < 4.78 is 1.05. The van der Waals surface area contributed by atoms with Crippen LogP contribution >= 0.6 is 46.7 Å². The molecule has 1 aromatic carbocycles. The van der Waals surface area contributed by atoms with Crippen LogP contribution in [0.15, 0.2) is 41.8 Å². The first-order chi connectivity index (χ1) is 12.7. The van der Waals surface area contributed by atoms with Gasteiger partial charge in [0.05, 0.1) is 11.1 Å². The third-order valence-electron chi connectivity index (χ3n) is 4.90. The number of carbonyl (C=O) groups is 1. The number of amides is 1. The van der Waals surface area contributed by atoms with Crippen LogP contribution in [0.1, 0.15) is 39.9 Å². The lowest BCUT2D eigenvalue weighted by atomic mass is 10.1. The summed E-state index contributed by atoms with van der Waals surface area (Å²) in [5.41, 5.74) is 0. The molecule has 7 heteroatoms. The van der Waals surface area contributed by atoms with Gasteiger partial charge in [0, 0.05) is 21.5 Å². The van der Waals surface area contributed by atoms with E-state index in [0.29, 0.717) is 16.4 Å². The van der Waals surface area contributed by atoms with E-state index in [1.54, 1.807) is 11.3 Å². The molecular weight excluding hydrogens is 419 g/mol. The van der Waals surface area contributed by atoms with Crippen molar-refractivity contribution in [2.24, 2.45) is 0 Å². The molecule has 0 bridgehead atoms. The van der Waals surface area contributed by atoms with Gasteiger partial charge in [-0.15, -0.1) is 35.1 Å². The molecule has 4 rings (SSSR count). The van der Waals surface area contributed by atoms with E-state index in [1.165, 1.54) is 35.5 Å². The minimum Gasteiger partial charge on any atom is -0.349 e. The molecule has 2 aromatic heterocycles. The Hall–Kier alpha value is -1.11. The second kappa shape index (κ2) is 9.39. The topological polar surface area (TPSA) is 32.3 Å². The van der Waals surface area contributed by atoms with Crippen molar-refractivity contribution < 1.29 is 4.79 Å². The maximum Gasteiger partial charge on any atom is 0.262 e. The monoisotopic (exact) mass is 440 g/mol. The van der Waals surface area contributed by atoms with Gasteiger partial charge >= 0.3 is 0 Å². The zero-order valence-electron chi connectivity index (χ0n) is 14.8.